The molecule has 3 fully saturated rings. The molecule has 200 valence electrons. The van der Waals surface area contributed by atoms with Crippen LogP contribution in [0.4, 0.5) is 27.4 Å². The zero-order valence-electron chi connectivity index (χ0n) is 22.0. The van der Waals surface area contributed by atoms with Crippen LogP contribution in [0.25, 0.3) is 0 Å². The minimum absolute atomic E-state index is 0.0533. The van der Waals surface area contributed by atoms with Crippen molar-refractivity contribution in [1.29, 1.82) is 0 Å². The largest absolute Gasteiger partial charge is 0.394 e. The molecule has 3 aliphatic rings. The fourth-order valence-corrected chi connectivity index (χ4v) is 5.27. The first kappa shape index (κ1) is 25.7. The lowest BCUT2D eigenvalue weighted by molar-refractivity contribution is 0.0532. The standard InChI is InChI=1S/C28H38FN5O3/c1-19-17-34(12-13-37-19)22-15-20(29)14-21(16-22)30-26(36)23-4-5-24(32-27(2,3)18-35)31-25(23)33-10-8-28(6-7-28)9-11-33/h4-5,14-16,19,35H,6-13,17-18H2,1-3H3,(H,30,36)(H,31,32). The summed E-state index contributed by atoms with van der Waals surface area (Å²) in [6.45, 7) is 9.34. The molecular formula is C28H38FN5O3. The molecule has 1 spiro atoms. The van der Waals surface area contributed by atoms with Gasteiger partial charge in [0.2, 0.25) is 0 Å². The van der Waals surface area contributed by atoms with Gasteiger partial charge >= 0.3 is 0 Å². The number of benzene rings is 1. The first-order valence-corrected chi connectivity index (χ1v) is 13.3. The maximum Gasteiger partial charge on any atom is 0.259 e. The van der Waals surface area contributed by atoms with Crippen molar-refractivity contribution in [3.05, 3.63) is 41.7 Å². The second kappa shape index (κ2) is 10.1. The minimum Gasteiger partial charge on any atom is -0.394 e. The Hall–Kier alpha value is -2.91. The number of aliphatic hydroxyl groups excluding tert-OH is 1. The van der Waals surface area contributed by atoms with E-state index in [1.807, 2.05) is 26.8 Å². The number of aliphatic hydroxyl groups is 1. The molecule has 1 aromatic heterocycles. The molecular weight excluding hydrogens is 473 g/mol. The molecule has 3 N–H and O–H groups in total. The van der Waals surface area contributed by atoms with Gasteiger partial charge in [0.05, 0.1) is 30.4 Å². The molecule has 1 unspecified atom stereocenters. The molecule has 2 saturated heterocycles. The number of ether oxygens (including phenoxy) is 1. The first-order chi connectivity index (χ1) is 17.7. The Balaban J connectivity index is 1.40. The van der Waals surface area contributed by atoms with Gasteiger partial charge in [-0.05, 0) is 82.2 Å². The van der Waals surface area contributed by atoms with Crippen LogP contribution >= 0.6 is 0 Å². The monoisotopic (exact) mass is 511 g/mol. The van der Waals surface area contributed by atoms with E-state index in [0.717, 1.165) is 31.6 Å². The smallest absolute Gasteiger partial charge is 0.259 e. The highest BCUT2D eigenvalue weighted by Crippen LogP contribution is 2.54. The molecule has 1 aliphatic carbocycles. The lowest BCUT2D eigenvalue weighted by atomic mass is 9.93. The number of amides is 1. The third-order valence-electron chi connectivity index (χ3n) is 7.81. The van der Waals surface area contributed by atoms with Crippen LogP contribution in [0.3, 0.4) is 0 Å². The van der Waals surface area contributed by atoms with Gasteiger partial charge in [-0.25, -0.2) is 9.37 Å². The molecule has 37 heavy (non-hydrogen) atoms. The molecule has 2 aromatic rings. The molecule has 0 bridgehead atoms. The predicted octanol–water partition coefficient (Wildman–Crippen LogP) is 4.26. The van der Waals surface area contributed by atoms with Crippen LogP contribution in [0.2, 0.25) is 0 Å². The molecule has 1 amide bonds. The summed E-state index contributed by atoms with van der Waals surface area (Å²) in [6, 6.07) is 8.16. The van der Waals surface area contributed by atoms with E-state index in [0.29, 0.717) is 48.0 Å². The van der Waals surface area contributed by atoms with Crippen LogP contribution in [0.5, 0.6) is 0 Å². The average molecular weight is 512 g/mol. The van der Waals surface area contributed by atoms with Crippen molar-refractivity contribution in [2.24, 2.45) is 5.41 Å². The molecule has 5 rings (SSSR count). The van der Waals surface area contributed by atoms with Crippen LogP contribution in [-0.2, 0) is 4.74 Å². The number of anilines is 4. The zero-order valence-corrected chi connectivity index (χ0v) is 22.0. The lowest BCUT2D eigenvalue weighted by Gasteiger charge is -2.34. The maximum atomic E-state index is 14.6. The van der Waals surface area contributed by atoms with Crippen LogP contribution < -0.4 is 20.4 Å². The number of hydrogen-bond donors (Lipinski definition) is 3. The number of nitrogens with zero attached hydrogens (tertiary/aromatic N) is 3. The maximum absolute atomic E-state index is 14.6. The average Bonchev–Trinajstić information content (AvgIpc) is 3.62. The van der Waals surface area contributed by atoms with E-state index in [2.05, 4.69) is 20.4 Å². The molecule has 9 heteroatoms. The quantitative estimate of drug-likeness (QED) is 0.512. The number of piperidine rings is 1. The number of aromatic nitrogens is 1. The van der Waals surface area contributed by atoms with Gasteiger partial charge in [-0.2, -0.15) is 0 Å². The Morgan fingerprint density at radius 2 is 1.92 bits per heavy atom. The molecule has 2 aliphatic heterocycles. The Kier molecular flexibility index (Phi) is 7.02. The Labute approximate surface area is 218 Å². The summed E-state index contributed by atoms with van der Waals surface area (Å²) >= 11 is 0. The van der Waals surface area contributed by atoms with Crippen molar-refractivity contribution in [2.75, 3.05) is 59.8 Å². The van der Waals surface area contributed by atoms with E-state index < -0.39 is 11.4 Å². The first-order valence-electron chi connectivity index (χ1n) is 13.3. The SMILES string of the molecule is CC1CN(c2cc(F)cc(NC(=O)c3ccc(NC(C)(C)CO)nc3N3CCC4(CC3)CC4)c2)CCO1. The Morgan fingerprint density at radius 1 is 1.16 bits per heavy atom. The molecule has 8 nitrogen and oxygen atoms in total. The van der Waals surface area contributed by atoms with Crippen molar-refractivity contribution < 1.29 is 19.0 Å². The number of rotatable bonds is 7. The highest BCUT2D eigenvalue weighted by Gasteiger charge is 2.45. The zero-order chi connectivity index (χ0) is 26.2. The molecule has 0 radical (unpaired) electrons. The molecule has 1 aromatic carbocycles. The van der Waals surface area contributed by atoms with Crippen molar-refractivity contribution in [1.82, 2.24) is 4.98 Å². The van der Waals surface area contributed by atoms with Crippen LogP contribution in [-0.4, -0.2) is 67.0 Å². The van der Waals surface area contributed by atoms with E-state index in [4.69, 9.17) is 9.72 Å². The fraction of sp³-hybridized carbons (Fsp3) is 0.571. The number of pyridine rings is 1. The van der Waals surface area contributed by atoms with Crippen LogP contribution in [0.15, 0.2) is 30.3 Å². The van der Waals surface area contributed by atoms with Crippen molar-refractivity contribution in [3.63, 3.8) is 0 Å². The van der Waals surface area contributed by atoms with Crippen molar-refractivity contribution >= 4 is 28.9 Å². The topological polar surface area (TPSA) is 90.0 Å². The van der Waals surface area contributed by atoms with Crippen molar-refractivity contribution in [3.8, 4) is 0 Å². The normalized spacial score (nSPS) is 21.2. The minimum atomic E-state index is -0.553. The summed E-state index contributed by atoms with van der Waals surface area (Å²) in [5, 5.41) is 15.9. The Morgan fingerprint density at radius 3 is 2.59 bits per heavy atom. The molecule has 1 atom stereocenters. The highest BCUT2D eigenvalue weighted by molar-refractivity contribution is 6.08. The molecule has 1 saturated carbocycles. The summed E-state index contributed by atoms with van der Waals surface area (Å²) in [7, 11) is 0. The third kappa shape index (κ3) is 5.99. The second-order valence-corrected chi connectivity index (χ2v) is 11.5. The summed E-state index contributed by atoms with van der Waals surface area (Å²) in [4.78, 5) is 22.6. The van der Waals surface area contributed by atoms with E-state index in [9.17, 15) is 14.3 Å². The van der Waals surface area contributed by atoms with Gasteiger partial charge in [-0.1, -0.05) is 0 Å². The predicted molar refractivity (Wildman–Crippen MR) is 144 cm³/mol. The highest BCUT2D eigenvalue weighted by atomic mass is 19.1. The second-order valence-electron chi connectivity index (χ2n) is 11.5. The van der Waals surface area contributed by atoms with Gasteiger partial charge in [-0.3, -0.25) is 4.79 Å². The third-order valence-corrected chi connectivity index (χ3v) is 7.81. The number of morpholine rings is 1. The van der Waals surface area contributed by atoms with Crippen LogP contribution in [0.1, 0.15) is 56.8 Å². The summed E-state index contributed by atoms with van der Waals surface area (Å²) in [5.41, 5.74) is 1.51. The van der Waals surface area contributed by atoms with Gasteiger partial charge in [0.1, 0.15) is 17.5 Å². The lowest BCUT2D eigenvalue weighted by Crippen LogP contribution is -2.41. The van der Waals surface area contributed by atoms with E-state index in [1.165, 1.54) is 25.0 Å². The summed E-state index contributed by atoms with van der Waals surface area (Å²) in [5.74, 6) is 0.494. The van der Waals surface area contributed by atoms with Gasteiger partial charge < -0.3 is 30.3 Å². The van der Waals surface area contributed by atoms with E-state index >= 15 is 0 Å². The van der Waals surface area contributed by atoms with E-state index in [-0.39, 0.29) is 18.6 Å². The van der Waals surface area contributed by atoms with E-state index in [1.54, 1.807) is 12.1 Å². The number of carbonyl (C=O) groups excluding carboxylic acids is 1. The van der Waals surface area contributed by atoms with Gasteiger partial charge in [0, 0.05) is 37.6 Å². The summed E-state index contributed by atoms with van der Waals surface area (Å²) in [6.07, 6.45) is 4.84. The number of halogens is 1. The number of nitrogens with one attached hydrogen (secondary N) is 2. The van der Waals surface area contributed by atoms with Gasteiger partial charge in [0.15, 0.2) is 0 Å². The number of carbonyl (C=O) groups is 1. The Bertz CT molecular complexity index is 1140. The summed E-state index contributed by atoms with van der Waals surface area (Å²) < 4.78 is 20.2. The van der Waals surface area contributed by atoms with Crippen LogP contribution in [0, 0.1) is 11.2 Å². The fourth-order valence-electron chi connectivity index (χ4n) is 5.27. The van der Waals surface area contributed by atoms with Gasteiger partial charge in [-0.15, -0.1) is 0 Å². The molecule has 3 heterocycles. The number of hydrogen-bond acceptors (Lipinski definition) is 7. The van der Waals surface area contributed by atoms with Crippen molar-refractivity contribution in [2.45, 2.75) is 58.1 Å². The van der Waals surface area contributed by atoms with Gasteiger partial charge in [0.25, 0.3) is 5.91 Å².